The summed E-state index contributed by atoms with van der Waals surface area (Å²) in [7, 11) is 1.66. The number of hydrogen-bond acceptors (Lipinski definition) is 4. The van der Waals surface area contributed by atoms with Gasteiger partial charge in [0.15, 0.2) is 0 Å². The molecule has 0 aromatic carbocycles. The van der Waals surface area contributed by atoms with Crippen molar-refractivity contribution in [2.45, 2.75) is 6.92 Å². The first-order chi connectivity index (χ1) is 5.20. The summed E-state index contributed by atoms with van der Waals surface area (Å²) in [6.45, 7) is 1.72. The Balaban J connectivity index is 3.31. The van der Waals surface area contributed by atoms with Gasteiger partial charge in [0.25, 0.3) is 5.88 Å². The number of rotatable bonds is 1. The average Bonchev–Trinajstić information content (AvgIpc) is 2.24. The molecule has 0 saturated carbocycles. The van der Waals surface area contributed by atoms with Crippen LogP contribution in [0.5, 0.6) is 5.88 Å². The van der Waals surface area contributed by atoms with E-state index in [1.54, 1.807) is 14.0 Å². The number of nitriles is 1. The molecule has 5 nitrogen and oxygen atoms in total. The number of aromatic nitrogens is 2. The Kier molecular flexibility index (Phi) is 1.79. The Morgan fingerprint density at radius 2 is 2.36 bits per heavy atom. The Bertz CT molecular complexity index is 309. The van der Waals surface area contributed by atoms with Crippen LogP contribution in [0, 0.1) is 18.3 Å². The van der Waals surface area contributed by atoms with E-state index in [2.05, 4.69) is 9.94 Å². The lowest BCUT2D eigenvalue weighted by atomic mass is 10.3. The van der Waals surface area contributed by atoms with E-state index in [4.69, 9.17) is 11.2 Å². The molecule has 0 saturated heterocycles. The van der Waals surface area contributed by atoms with Gasteiger partial charge < -0.3 is 4.84 Å². The van der Waals surface area contributed by atoms with Crippen LogP contribution >= 0.6 is 0 Å². The van der Waals surface area contributed by atoms with Crippen LogP contribution in [-0.2, 0) is 7.05 Å². The van der Waals surface area contributed by atoms with Crippen LogP contribution in [0.15, 0.2) is 0 Å². The molecule has 1 aromatic rings. The third kappa shape index (κ3) is 1.04. The molecule has 0 aliphatic carbocycles. The maximum atomic E-state index is 8.60. The van der Waals surface area contributed by atoms with Crippen LogP contribution in [-0.4, -0.2) is 9.78 Å². The van der Waals surface area contributed by atoms with Gasteiger partial charge in [0.1, 0.15) is 11.6 Å². The summed E-state index contributed by atoms with van der Waals surface area (Å²) in [6.07, 6.45) is 0. The largest absolute Gasteiger partial charge is 0.390 e. The molecular formula is C6H8N4O. The third-order valence-corrected chi connectivity index (χ3v) is 1.39. The summed E-state index contributed by atoms with van der Waals surface area (Å²) in [5, 5.41) is 12.5. The molecule has 1 rings (SSSR count). The molecule has 0 radical (unpaired) electrons. The maximum Gasteiger partial charge on any atom is 0.254 e. The molecule has 0 unspecified atom stereocenters. The first-order valence-corrected chi connectivity index (χ1v) is 3.01. The molecule has 2 N–H and O–H groups in total. The number of hydrogen-bond donors (Lipinski definition) is 1. The fourth-order valence-electron chi connectivity index (χ4n) is 0.901. The van der Waals surface area contributed by atoms with Crippen LogP contribution in [0.2, 0.25) is 0 Å². The summed E-state index contributed by atoms with van der Waals surface area (Å²) >= 11 is 0. The van der Waals surface area contributed by atoms with Crippen molar-refractivity contribution in [1.82, 2.24) is 9.78 Å². The van der Waals surface area contributed by atoms with Crippen molar-refractivity contribution in [3.63, 3.8) is 0 Å². The first kappa shape index (κ1) is 7.57. The van der Waals surface area contributed by atoms with Gasteiger partial charge in [0.2, 0.25) is 0 Å². The zero-order valence-electron chi connectivity index (χ0n) is 6.33. The van der Waals surface area contributed by atoms with Gasteiger partial charge in [0.05, 0.1) is 5.69 Å². The minimum absolute atomic E-state index is 0.296. The Labute approximate surface area is 63.9 Å². The van der Waals surface area contributed by atoms with E-state index in [1.165, 1.54) is 4.68 Å². The number of aryl methyl sites for hydroxylation is 2. The molecule has 0 bridgehead atoms. The highest BCUT2D eigenvalue weighted by Gasteiger charge is 2.12. The summed E-state index contributed by atoms with van der Waals surface area (Å²) in [5.41, 5.74) is 1.01. The lowest BCUT2D eigenvalue weighted by Crippen LogP contribution is -2.07. The standard InChI is InChI=1S/C6H8N4O/c1-4-5(3-7)6(11-8)10(2)9-4/h8H2,1-2H3. The lowest BCUT2D eigenvalue weighted by Gasteiger charge is -1.96. The van der Waals surface area contributed by atoms with Crippen molar-refractivity contribution >= 4 is 0 Å². The Hall–Kier alpha value is -1.54. The van der Waals surface area contributed by atoms with Crippen molar-refractivity contribution in [2.24, 2.45) is 12.9 Å². The minimum atomic E-state index is 0.296. The molecule has 58 valence electrons. The van der Waals surface area contributed by atoms with E-state index in [9.17, 15) is 0 Å². The third-order valence-electron chi connectivity index (χ3n) is 1.39. The Morgan fingerprint density at radius 1 is 1.73 bits per heavy atom. The fraction of sp³-hybridized carbons (Fsp3) is 0.333. The monoisotopic (exact) mass is 152 g/mol. The second-order valence-corrected chi connectivity index (χ2v) is 2.12. The van der Waals surface area contributed by atoms with Gasteiger partial charge in [-0.05, 0) is 6.92 Å². The molecule has 11 heavy (non-hydrogen) atoms. The molecule has 1 aromatic heterocycles. The highest BCUT2D eigenvalue weighted by atomic mass is 16.6. The van der Waals surface area contributed by atoms with E-state index in [-0.39, 0.29) is 0 Å². The molecule has 0 aliphatic heterocycles. The van der Waals surface area contributed by atoms with Crippen molar-refractivity contribution < 1.29 is 4.84 Å². The van der Waals surface area contributed by atoms with Crippen molar-refractivity contribution in [1.29, 1.82) is 5.26 Å². The van der Waals surface area contributed by atoms with Gasteiger partial charge in [0, 0.05) is 7.05 Å². The molecule has 0 atom stereocenters. The van der Waals surface area contributed by atoms with Crippen molar-refractivity contribution in [3.05, 3.63) is 11.3 Å². The topological polar surface area (TPSA) is 76.9 Å². The van der Waals surface area contributed by atoms with Crippen LogP contribution < -0.4 is 10.7 Å². The normalized spacial score (nSPS) is 9.27. The fourth-order valence-corrected chi connectivity index (χ4v) is 0.901. The van der Waals surface area contributed by atoms with Gasteiger partial charge in [-0.2, -0.15) is 16.3 Å². The number of nitrogens with two attached hydrogens (primary N) is 1. The maximum absolute atomic E-state index is 8.60. The van der Waals surface area contributed by atoms with E-state index < -0.39 is 0 Å². The number of nitrogens with zero attached hydrogens (tertiary/aromatic N) is 3. The molecular weight excluding hydrogens is 144 g/mol. The molecule has 0 aliphatic rings. The smallest absolute Gasteiger partial charge is 0.254 e. The van der Waals surface area contributed by atoms with Gasteiger partial charge in [-0.15, -0.1) is 0 Å². The Morgan fingerprint density at radius 3 is 2.73 bits per heavy atom. The minimum Gasteiger partial charge on any atom is -0.390 e. The van der Waals surface area contributed by atoms with Gasteiger partial charge in [-0.25, -0.2) is 4.68 Å². The van der Waals surface area contributed by atoms with E-state index >= 15 is 0 Å². The predicted molar refractivity (Wildman–Crippen MR) is 37.5 cm³/mol. The summed E-state index contributed by atoms with van der Waals surface area (Å²) in [4.78, 5) is 4.47. The predicted octanol–water partition coefficient (Wildman–Crippen LogP) is -0.147. The van der Waals surface area contributed by atoms with Crippen molar-refractivity contribution in [2.75, 3.05) is 0 Å². The zero-order valence-corrected chi connectivity index (χ0v) is 6.33. The van der Waals surface area contributed by atoms with Crippen LogP contribution in [0.3, 0.4) is 0 Å². The first-order valence-electron chi connectivity index (χ1n) is 3.01. The second-order valence-electron chi connectivity index (χ2n) is 2.12. The van der Waals surface area contributed by atoms with Gasteiger partial charge in [-0.1, -0.05) is 0 Å². The van der Waals surface area contributed by atoms with Gasteiger partial charge >= 0.3 is 0 Å². The highest BCUT2D eigenvalue weighted by molar-refractivity contribution is 5.41. The van der Waals surface area contributed by atoms with Gasteiger partial charge in [-0.3, -0.25) is 0 Å². The van der Waals surface area contributed by atoms with E-state index in [0.717, 1.165) is 0 Å². The van der Waals surface area contributed by atoms with E-state index in [1.807, 2.05) is 6.07 Å². The van der Waals surface area contributed by atoms with Crippen LogP contribution in [0.1, 0.15) is 11.3 Å². The molecule has 0 spiro atoms. The summed E-state index contributed by atoms with van der Waals surface area (Å²) in [6, 6.07) is 1.95. The molecule has 5 heteroatoms. The van der Waals surface area contributed by atoms with Crippen LogP contribution in [0.25, 0.3) is 0 Å². The molecule has 1 heterocycles. The van der Waals surface area contributed by atoms with Crippen LogP contribution in [0.4, 0.5) is 0 Å². The highest BCUT2D eigenvalue weighted by Crippen LogP contribution is 2.17. The summed E-state index contributed by atoms with van der Waals surface area (Å²) < 4.78 is 1.42. The lowest BCUT2D eigenvalue weighted by molar-refractivity contribution is 0.302. The quantitative estimate of drug-likeness (QED) is 0.568. The SMILES string of the molecule is Cc1nn(C)c(ON)c1C#N. The molecule has 0 fully saturated rings. The van der Waals surface area contributed by atoms with E-state index in [0.29, 0.717) is 17.1 Å². The molecule has 0 amide bonds. The second kappa shape index (κ2) is 2.60. The average molecular weight is 152 g/mol. The zero-order chi connectivity index (χ0) is 8.43. The summed E-state index contributed by atoms with van der Waals surface area (Å²) in [5.74, 6) is 5.22. The van der Waals surface area contributed by atoms with Crippen molar-refractivity contribution in [3.8, 4) is 11.9 Å².